The largest absolute Gasteiger partial charge is 0.500 e. The van der Waals surface area contributed by atoms with Crippen molar-refractivity contribution in [1.82, 2.24) is 15.1 Å². The van der Waals surface area contributed by atoms with E-state index in [4.69, 9.17) is 4.74 Å². The Morgan fingerprint density at radius 1 is 1.09 bits per heavy atom. The summed E-state index contributed by atoms with van der Waals surface area (Å²) in [5.41, 5.74) is 0.928. The van der Waals surface area contributed by atoms with E-state index >= 15 is 0 Å². The summed E-state index contributed by atoms with van der Waals surface area (Å²) in [6.45, 7) is 6.55. The van der Waals surface area contributed by atoms with Crippen molar-refractivity contribution in [3.63, 3.8) is 0 Å². The van der Waals surface area contributed by atoms with Crippen LogP contribution in [0.3, 0.4) is 0 Å². The van der Waals surface area contributed by atoms with Crippen molar-refractivity contribution >= 4 is 23.8 Å². The molecule has 0 aromatic heterocycles. The normalized spacial score (nSPS) is 27.9. The van der Waals surface area contributed by atoms with Gasteiger partial charge in [0.2, 0.25) is 5.78 Å². The number of rotatable bonds is 4. The highest BCUT2D eigenvalue weighted by atomic mass is 16.5. The molecule has 32 heavy (non-hydrogen) atoms. The number of hydrogen-bond acceptors (Lipinski definition) is 6. The van der Waals surface area contributed by atoms with Crippen LogP contribution in [0, 0.1) is 5.92 Å². The van der Waals surface area contributed by atoms with E-state index in [1.807, 2.05) is 39.0 Å². The topological polar surface area (TPSA) is 91.3 Å². The molecule has 2 aliphatic rings. The van der Waals surface area contributed by atoms with Crippen LogP contribution in [0.5, 0.6) is 0 Å². The summed E-state index contributed by atoms with van der Waals surface area (Å²) in [4.78, 5) is 46.7. The third kappa shape index (κ3) is 5.07. The van der Waals surface area contributed by atoms with Crippen molar-refractivity contribution < 1.29 is 19.1 Å². The quantitative estimate of drug-likeness (QED) is 0.726. The number of ether oxygens (including phenoxy) is 1. The fraction of sp³-hybridized carbons (Fsp3) is 0.417. The van der Waals surface area contributed by atoms with E-state index in [0.29, 0.717) is 36.5 Å². The summed E-state index contributed by atoms with van der Waals surface area (Å²) < 4.78 is 5.42. The summed E-state index contributed by atoms with van der Waals surface area (Å²) in [5, 5.41) is 3.05. The van der Waals surface area contributed by atoms with Gasteiger partial charge in [0.25, 0.3) is 11.8 Å². The fourth-order valence-electron chi connectivity index (χ4n) is 3.89. The maximum absolute atomic E-state index is 13.2. The standard InChI is InChI=1S/C24H30N4O4/c1-16-15-27(23(30)19-8-6-5-7-9-19)12-13-28(16)24(31)22(29)20-14-26-18(3)25-11-10-21(32-4)17(20)2/h5-11,14,16-18,26H,12-13,15H2,1-4H3/b20-14+,21-10+,25-11-/t16-,17?,18?/m1/s1. The van der Waals surface area contributed by atoms with E-state index in [2.05, 4.69) is 10.3 Å². The Labute approximate surface area is 188 Å². The van der Waals surface area contributed by atoms with Crippen LogP contribution in [-0.4, -0.2) is 72.6 Å². The molecule has 1 N–H and O–H groups in total. The SMILES string of the molecule is CO/C1=C/C=N\C(C)N/C=C(/C(=O)C(=O)N2CCN(C(=O)c3ccccc3)C[C@H]2C)C1C. The van der Waals surface area contributed by atoms with Crippen molar-refractivity contribution in [2.24, 2.45) is 10.9 Å². The van der Waals surface area contributed by atoms with Gasteiger partial charge >= 0.3 is 0 Å². The van der Waals surface area contributed by atoms with Crippen LogP contribution in [-0.2, 0) is 14.3 Å². The molecule has 1 fully saturated rings. The number of carbonyl (C=O) groups excluding carboxylic acids is 3. The predicted molar refractivity (Wildman–Crippen MR) is 122 cm³/mol. The lowest BCUT2D eigenvalue weighted by Crippen LogP contribution is -2.57. The highest BCUT2D eigenvalue weighted by molar-refractivity contribution is 6.42. The van der Waals surface area contributed by atoms with E-state index in [1.54, 1.807) is 40.4 Å². The highest BCUT2D eigenvalue weighted by Crippen LogP contribution is 2.23. The summed E-state index contributed by atoms with van der Waals surface area (Å²) in [7, 11) is 1.53. The zero-order valence-electron chi connectivity index (χ0n) is 18.9. The molecule has 8 heteroatoms. The number of ketones is 1. The van der Waals surface area contributed by atoms with Crippen molar-refractivity contribution in [2.45, 2.75) is 33.0 Å². The van der Waals surface area contributed by atoms with Gasteiger partial charge in [0.1, 0.15) is 11.9 Å². The number of carbonyl (C=O) groups is 3. The molecular weight excluding hydrogens is 408 g/mol. The van der Waals surface area contributed by atoms with Crippen molar-refractivity contribution in [3.05, 3.63) is 59.5 Å². The van der Waals surface area contributed by atoms with Crippen molar-refractivity contribution in [3.8, 4) is 0 Å². The van der Waals surface area contributed by atoms with Crippen LogP contribution in [0.25, 0.3) is 0 Å². The number of amides is 2. The van der Waals surface area contributed by atoms with Gasteiger partial charge in [-0.15, -0.1) is 0 Å². The third-order valence-corrected chi connectivity index (χ3v) is 5.81. The lowest BCUT2D eigenvalue weighted by molar-refractivity contribution is -0.145. The second kappa shape index (κ2) is 10.3. The zero-order chi connectivity index (χ0) is 23.3. The summed E-state index contributed by atoms with van der Waals surface area (Å²) >= 11 is 0. The Hall–Kier alpha value is -3.42. The second-order valence-electron chi connectivity index (χ2n) is 8.03. The Morgan fingerprint density at radius 3 is 2.47 bits per heavy atom. The zero-order valence-corrected chi connectivity index (χ0v) is 18.9. The summed E-state index contributed by atoms with van der Waals surface area (Å²) in [6, 6.07) is 8.77. The Kier molecular flexibility index (Phi) is 7.45. The van der Waals surface area contributed by atoms with Crippen LogP contribution in [0.4, 0.5) is 0 Å². The van der Waals surface area contributed by atoms with Gasteiger partial charge in [0.05, 0.1) is 7.11 Å². The van der Waals surface area contributed by atoms with Crippen LogP contribution < -0.4 is 5.32 Å². The first kappa shape index (κ1) is 23.2. The monoisotopic (exact) mass is 438 g/mol. The number of piperazine rings is 1. The Balaban J connectivity index is 1.73. The molecule has 2 amide bonds. The highest BCUT2D eigenvalue weighted by Gasteiger charge is 2.36. The van der Waals surface area contributed by atoms with Gasteiger partial charge in [0, 0.05) is 55.1 Å². The minimum atomic E-state index is -0.586. The van der Waals surface area contributed by atoms with Gasteiger partial charge in [0.15, 0.2) is 0 Å². The van der Waals surface area contributed by atoms with E-state index in [1.165, 1.54) is 7.11 Å². The van der Waals surface area contributed by atoms with Crippen LogP contribution in [0.2, 0.25) is 0 Å². The predicted octanol–water partition coefficient (Wildman–Crippen LogP) is 2.00. The van der Waals surface area contributed by atoms with Crippen LogP contribution >= 0.6 is 0 Å². The van der Waals surface area contributed by atoms with E-state index in [-0.39, 0.29) is 18.1 Å². The molecule has 2 aliphatic heterocycles. The summed E-state index contributed by atoms with van der Waals surface area (Å²) in [6.07, 6.45) is 4.64. The molecule has 0 spiro atoms. The third-order valence-electron chi connectivity index (χ3n) is 5.81. The molecule has 3 rings (SSSR count). The number of methoxy groups -OCH3 is 1. The number of hydrogen-bond donors (Lipinski definition) is 1. The molecular formula is C24H30N4O4. The number of benzene rings is 1. The lowest BCUT2D eigenvalue weighted by Gasteiger charge is -2.39. The molecule has 1 saturated heterocycles. The number of Topliss-reactive ketones (excluding diaryl/α,β-unsaturated/α-hetero) is 1. The maximum Gasteiger partial charge on any atom is 0.295 e. The molecule has 0 aliphatic carbocycles. The molecule has 0 radical (unpaired) electrons. The minimum Gasteiger partial charge on any atom is -0.500 e. The van der Waals surface area contributed by atoms with Gasteiger partial charge in [-0.1, -0.05) is 25.1 Å². The first-order chi connectivity index (χ1) is 15.3. The van der Waals surface area contributed by atoms with E-state index in [0.717, 1.165) is 0 Å². The Bertz CT molecular complexity index is 954. The number of allylic oxidation sites excluding steroid dienone is 2. The molecule has 0 bridgehead atoms. The Morgan fingerprint density at radius 2 is 1.81 bits per heavy atom. The maximum atomic E-state index is 13.2. The van der Waals surface area contributed by atoms with E-state index in [9.17, 15) is 14.4 Å². The van der Waals surface area contributed by atoms with Crippen LogP contribution in [0.1, 0.15) is 31.1 Å². The number of nitrogens with one attached hydrogen (secondary N) is 1. The van der Waals surface area contributed by atoms with Crippen molar-refractivity contribution in [2.75, 3.05) is 26.7 Å². The first-order valence-corrected chi connectivity index (χ1v) is 10.8. The molecule has 0 saturated carbocycles. The molecule has 2 heterocycles. The van der Waals surface area contributed by atoms with Gasteiger partial charge < -0.3 is 19.9 Å². The minimum absolute atomic E-state index is 0.0727. The first-order valence-electron chi connectivity index (χ1n) is 10.8. The van der Waals surface area contributed by atoms with E-state index < -0.39 is 17.6 Å². The van der Waals surface area contributed by atoms with Gasteiger partial charge in [-0.25, -0.2) is 0 Å². The molecule has 170 valence electrons. The van der Waals surface area contributed by atoms with Gasteiger partial charge in [-0.05, 0) is 32.1 Å². The molecule has 1 aromatic rings. The fourth-order valence-corrected chi connectivity index (χ4v) is 3.89. The lowest BCUT2D eigenvalue weighted by atomic mass is 9.94. The average molecular weight is 439 g/mol. The van der Waals surface area contributed by atoms with Gasteiger partial charge in [-0.2, -0.15) is 0 Å². The molecule has 3 atom stereocenters. The molecule has 8 nitrogen and oxygen atoms in total. The number of aliphatic imine (C=N–C) groups is 1. The molecule has 1 aromatic carbocycles. The molecule has 2 unspecified atom stereocenters. The average Bonchev–Trinajstić information content (AvgIpc) is 2.87. The van der Waals surface area contributed by atoms with Crippen molar-refractivity contribution in [1.29, 1.82) is 0 Å². The number of nitrogens with zero attached hydrogens (tertiary/aromatic N) is 3. The van der Waals surface area contributed by atoms with Gasteiger partial charge in [-0.3, -0.25) is 19.4 Å². The second-order valence-corrected chi connectivity index (χ2v) is 8.03. The smallest absolute Gasteiger partial charge is 0.295 e. The van der Waals surface area contributed by atoms with Crippen LogP contribution in [0.15, 0.2) is 58.9 Å². The summed E-state index contributed by atoms with van der Waals surface area (Å²) in [5.74, 6) is -1.11.